The molecule has 0 radical (unpaired) electrons. The fourth-order valence-electron chi connectivity index (χ4n) is 2.30. The van der Waals surface area contributed by atoms with Crippen LogP contribution in [0.4, 0.5) is 5.69 Å². The zero-order valence-electron chi connectivity index (χ0n) is 13.2. The number of phenolic OH excluding ortho intramolecular Hbond substituents is 1. The van der Waals surface area contributed by atoms with Crippen LogP contribution in [0, 0.1) is 0 Å². The Labute approximate surface area is 127 Å². The third-order valence-corrected chi connectivity index (χ3v) is 3.66. The summed E-state index contributed by atoms with van der Waals surface area (Å²) in [4.78, 5) is 0. The zero-order chi connectivity index (χ0) is 15.3. The predicted octanol–water partition coefficient (Wildman–Crippen LogP) is 4.73. The Hall–Kier alpha value is -1.96. The fourth-order valence-corrected chi connectivity index (χ4v) is 2.30. The van der Waals surface area contributed by atoms with E-state index in [-0.39, 0.29) is 5.41 Å². The van der Waals surface area contributed by atoms with E-state index >= 15 is 0 Å². The topological polar surface area (TPSA) is 32.3 Å². The maximum atomic E-state index is 9.95. The van der Waals surface area contributed by atoms with Gasteiger partial charge in [-0.15, -0.1) is 0 Å². The Morgan fingerprint density at radius 1 is 1.00 bits per heavy atom. The van der Waals surface area contributed by atoms with Gasteiger partial charge >= 0.3 is 0 Å². The molecule has 2 nitrogen and oxygen atoms in total. The normalized spacial score (nSPS) is 11.4. The Kier molecular flexibility index (Phi) is 4.89. The van der Waals surface area contributed by atoms with Crippen molar-refractivity contribution in [2.45, 2.75) is 39.0 Å². The van der Waals surface area contributed by atoms with Crippen LogP contribution in [0.1, 0.15) is 38.3 Å². The molecule has 0 amide bonds. The maximum absolute atomic E-state index is 9.95. The number of rotatable bonds is 5. The lowest BCUT2D eigenvalue weighted by Crippen LogP contribution is -2.12. The van der Waals surface area contributed by atoms with Gasteiger partial charge in [-0.1, -0.05) is 57.2 Å². The first-order chi connectivity index (χ1) is 9.97. The molecule has 2 heteroatoms. The molecule has 2 N–H and O–H groups in total. The van der Waals surface area contributed by atoms with Crippen LogP contribution >= 0.6 is 0 Å². The third-order valence-electron chi connectivity index (χ3n) is 3.66. The van der Waals surface area contributed by atoms with E-state index in [9.17, 15) is 5.11 Å². The van der Waals surface area contributed by atoms with Gasteiger partial charge in [-0.3, -0.25) is 0 Å². The summed E-state index contributed by atoms with van der Waals surface area (Å²) in [6.45, 7) is 7.39. The summed E-state index contributed by atoms with van der Waals surface area (Å²) in [6, 6.07) is 16.3. The molecule has 2 aromatic carbocycles. The summed E-state index contributed by atoms with van der Waals surface area (Å²) in [5, 5.41) is 13.3. The highest BCUT2D eigenvalue weighted by Crippen LogP contribution is 2.30. The standard InChI is InChI=1S/C19H25NO/c1-19(2,3)16-11-12-18(21)17(14-16)20-13-7-10-15-8-5-4-6-9-15/h4-6,8-9,11-12,14,20-21H,7,10,13H2,1-3H3. The number of benzene rings is 2. The van der Waals surface area contributed by atoms with Crippen molar-refractivity contribution in [2.24, 2.45) is 0 Å². The number of anilines is 1. The van der Waals surface area contributed by atoms with Crippen molar-refractivity contribution < 1.29 is 5.11 Å². The van der Waals surface area contributed by atoms with Crippen molar-refractivity contribution in [1.29, 1.82) is 0 Å². The SMILES string of the molecule is CC(C)(C)c1ccc(O)c(NCCCc2ccccc2)c1. The van der Waals surface area contributed by atoms with Gasteiger partial charge in [0.2, 0.25) is 0 Å². The van der Waals surface area contributed by atoms with E-state index in [1.54, 1.807) is 6.07 Å². The molecule has 0 saturated carbocycles. The molecule has 0 unspecified atom stereocenters. The Balaban J connectivity index is 1.91. The van der Waals surface area contributed by atoms with Gasteiger partial charge in [-0.25, -0.2) is 0 Å². The summed E-state index contributed by atoms with van der Waals surface area (Å²) in [5.74, 6) is 0.322. The lowest BCUT2D eigenvalue weighted by Gasteiger charge is -2.20. The van der Waals surface area contributed by atoms with Crippen molar-refractivity contribution in [3.05, 3.63) is 59.7 Å². The zero-order valence-corrected chi connectivity index (χ0v) is 13.2. The van der Waals surface area contributed by atoms with E-state index in [2.05, 4.69) is 56.4 Å². The molecule has 0 heterocycles. The predicted molar refractivity (Wildman–Crippen MR) is 90.1 cm³/mol. The highest BCUT2D eigenvalue weighted by atomic mass is 16.3. The maximum Gasteiger partial charge on any atom is 0.138 e. The van der Waals surface area contributed by atoms with Crippen molar-refractivity contribution in [1.82, 2.24) is 0 Å². The number of aromatic hydroxyl groups is 1. The number of phenols is 1. The minimum absolute atomic E-state index is 0.0914. The van der Waals surface area contributed by atoms with Crippen LogP contribution in [0.25, 0.3) is 0 Å². The van der Waals surface area contributed by atoms with Gasteiger partial charge in [0, 0.05) is 6.54 Å². The van der Waals surface area contributed by atoms with Crippen LogP contribution < -0.4 is 5.32 Å². The van der Waals surface area contributed by atoms with E-state index in [0.29, 0.717) is 5.75 Å². The van der Waals surface area contributed by atoms with E-state index in [4.69, 9.17) is 0 Å². The molecule has 0 bridgehead atoms. The van der Waals surface area contributed by atoms with Crippen molar-refractivity contribution in [3.8, 4) is 5.75 Å². The van der Waals surface area contributed by atoms with Crippen LogP contribution in [-0.4, -0.2) is 11.7 Å². The smallest absolute Gasteiger partial charge is 0.138 e. The first-order valence-electron chi connectivity index (χ1n) is 7.58. The lowest BCUT2D eigenvalue weighted by atomic mass is 9.87. The summed E-state index contributed by atoms with van der Waals surface area (Å²) in [7, 11) is 0. The second-order valence-electron chi connectivity index (χ2n) is 6.50. The van der Waals surface area contributed by atoms with Gasteiger partial charge in [0.05, 0.1) is 5.69 Å². The fraction of sp³-hybridized carbons (Fsp3) is 0.368. The van der Waals surface area contributed by atoms with Crippen molar-refractivity contribution in [3.63, 3.8) is 0 Å². The van der Waals surface area contributed by atoms with Gasteiger partial charge in [-0.2, -0.15) is 0 Å². The van der Waals surface area contributed by atoms with Gasteiger partial charge in [-0.05, 0) is 41.5 Å². The molecule has 0 aliphatic carbocycles. The minimum Gasteiger partial charge on any atom is -0.506 e. The number of nitrogens with one attached hydrogen (secondary N) is 1. The monoisotopic (exact) mass is 283 g/mol. The van der Waals surface area contributed by atoms with Crippen LogP contribution in [-0.2, 0) is 11.8 Å². The van der Waals surface area contributed by atoms with Gasteiger partial charge < -0.3 is 10.4 Å². The van der Waals surface area contributed by atoms with E-state index < -0.39 is 0 Å². The largest absolute Gasteiger partial charge is 0.506 e. The quantitative estimate of drug-likeness (QED) is 0.614. The van der Waals surface area contributed by atoms with E-state index in [1.165, 1.54) is 11.1 Å². The number of hydrogen-bond acceptors (Lipinski definition) is 2. The molecule has 0 aromatic heterocycles. The van der Waals surface area contributed by atoms with Crippen LogP contribution in [0.15, 0.2) is 48.5 Å². The number of aryl methyl sites for hydroxylation is 1. The third kappa shape index (κ3) is 4.52. The van der Waals surface area contributed by atoms with Gasteiger partial charge in [0.1, 0.15) is 5.75 Å². The Morgan fingerprint density at radius 2 is 1.71 bits per heavy atom. The van der Waals surface area contributed by atoms with Crippen LogP contribution in [0.2, 0.25) is 0 Å². The highest BCUT2D eigenvalue weighted by Gasteiger charge is 2.15. The summed E-state index contributed by atoms with van der Waals surface area (Å²) in [6.07, 6.45) is 2.09. The molecule has 0 spiro atoms. The van der Waals surface area contributed by atoms with Crippen LogP contribution in [0.3, 0.4) is 0 Å². The number of hydrogen-bond donors (Lipinski definition) is 2. The Bertz CT molecular complexity index is 570. The summed E-state index contributed by atoms with van der Waals surface area (Å²) in [5.41, 5.74) is 3.50. The average Bonchev–Trinajstić information content (AvgIpc) is 2.45. The second kappa shape index (κ2) is 6.66. The molecular weight excluding hydrogens is 258 g/mol. The molecule has 0 atom stereocenters. The molecule has 112 valence electrons. The van der Waals surface area contributed by atoms with Gasteiger partial charge in [0.15, 0.2) is 0 Å². The molecule has 0 aliphatic rings. The lowest BCUT2D eigenvalue weighted by molar-refractivity contribution is 0.476. The molecule has 0 fully saturated rings. The molecule has 2 aromatic rings. The molecule has 2 rings (SSSR count). The van der Waals surface area contributed by atoms with E-state index in [0.717, 1.165) is 25.1 Å². The summed E-state index contributed by atoms with van der Waals surface area (Å²) >= 11 is 0. The van der Waals surface area contributed by atoms with Crippen molar-refractivity contribution >= 4 is 5.69 Å². The molecule has 0 aliphatic heterocycles. The first kappa shape index (κ1) is 15.4. The van der Waals surface area contributed by atoms with Crippen molar-refractivity contribution in [2.75, 3.05) is 11.9 Å². The second-order valence-corrected chi connectivity index (χ2v) is 6.50. The van der Waals surface area contributed by atoms with Crippen LogP contribution in [0.5, 0.6) is 5.75 Å². The van der Waals surface area contributed by atoms with E-state index in [1.807, 2.05) is 12.1 Å². The summed E-state index contributed by atoms with van der Waals surface area (Å²) < 4.78 is 0. The Morgan fingerprint density at radius 3 is 2.38 bits per heavy atom. The van der Waals surface area contributed by atoms with Gasteiger partial charge in [0.25, 0.3) is 0 Å². The molecule has 0 saturated heterocycles. The minimum atomic E-state index is 0.0914. The highest BCUT2D eigenvalue weighted by molar-refractivity contribution is 5.58. The molecular formula is C19H25NO. The first-order valence-corrected chi connectivity index (χ1v) is 7.58. The molecule has 21 heavy (non-hydrogen) atoms. The average molecular weight is 283 g/mol.